The highest BCUT2D eigenvalue weighted by molar-refractivity contribution is 5.58. The Morgan fingerprint density at radius 3 is 3.00 bits per heavy atom. The molecule has 0 aliphatic carbocycles. The van der Waals surface area contributed by atoms with Gasteiger partial charge < -0.3 is 10.1 Å². The molecule has 1 aliphatic rings. The monoisotopic (exact) mass is 219 g/mol. The van der Waals surface area contributed by atoms with Crippen LogP contribution in [0.2, 0.25) is 0 Å². The number of ether oxygens (including phenoxy) is 1. The van der Waals surface area contributed by atoms with Gasteiger partial charge in [-0.25, -0.2) is 0 Å². The van der Waals surface area contributed by atoms with Crippen LogP contribution in [-0.4, -0.2) is 12.6 Å². The molecule has 1 aromatic carbocycles. The summed E-state index contributed by atoms with van der Waals surface area (Å²) in [5.41, 5.74) is 2.54. The van der Waals surface area contributed by atoms with Crippen molar-refractivity contribution in [1.29, 1.82) is 0 Å². The lowest BCUT2D eigenvalue weighted by Gasteiger charge is -2.13. The summed E-state index contributed by atoms with van der Waals surface area (Å²) in [6, 6.07) is 6.51. The van der Waals surface area contributed by atoms with Gasteiger partial charge in [-0.2, -0.15) is 0 Å². The number of hydrogen-bond acceptors (Lipinski definition) is 2. The molecule has 0 saturated carbocycles. The molecule has 1 heterocycles. The van der Waals surface area contributed by atoms with Crippen molar-refractivity contribution in [3.05, 3.63) is 23.8 Å². The summed E-state index contributed by atoms with van der Waals surface area (Å²) in [7, 11) is 0. The molecule has 1 N–H and O–H groups in total. The Kier molecular flexibility index (Phi) is 3.37. The van der Waals surface area contributed by atoms with E-state index < -0.39 is 0 Å². The second-order valence-corrected chi connectivity index (χ2v) is 5.07. The van der Waals surface area contributed by atoms with E-state index in [2.05, 4.69) is 44.3 Å². The normalized spacial score (nSPS) is 19.6. The van der Waals surface area contributed by atoms with Crippen molar-refractivity contribution in [3.63, 3.8) is 0 Å². The molecule has 0 amide bonds. The molecule has 2 rings (SSSR count). The van der Waals surface area contributed by atoms with Gasteiger partial charge in [0.1, 0.15) is 5.75 Å². The van der Waals surface area contributed by atoms with Gasteiger partial charge >= 0.3 is 0 Å². The number of rotatable bonds is 2. The number of hydrogen-bond donors (Lipinski definition) is 1. The summed E-state index contributed by atoms with van der Waals surface area (Å²) < 4.78 is 5.85. The maximum atomic E-state index is 5.85. The zero-order valence-electron chi connectivity index (χ0n) is 10.4. The molecule has 1 aliphatic heterocycles. The molecule has 1 atom stereocenters. The van der Waals surface area contributed by atoms with Crippen molar-refractivity contribution < 1.29 is 4.74 Å². The van der Waals surface area contributed by atoms with Crippen LogP contribution in [0.3, 0.4) is 0 Å². The van der Waals surface area contributed by atoms with E-state index in [1.54, 1.807) is 0 Å². The lowest BCUT2D eigenvalue weighted by molar-refractivity contribution is 0.221. The van der Waals surface area contributed by atoms with Gasteiger partial charge in [-0.15, -0.1) is 0 Å². The van der Waals surface area contributed by atoms with Crippen molar-refractivity contribution in [2.75, 3.05) is 11.9 Å². The molecule has 0 saturated heterocycles. The third-order valence-corrected chi connectivity index (χ3v) is 2.88. The highest BCUT2D eigenvalue weighted by atomic mass is 16.5. The van der Waals surface area contributed by atoms with Gasteiger partial charge in [0, 0.05) is 13.0 Å². The highest BCUT2D eigenvalue weighted by Crippen LogP contribution is 2.30. The maximum absolute atomic E-state index is 5.85. The summed E-state index contributed by atoms with van der Waals surface area (Å²) in [6.07, 6.45) is 2.50. The summed E-state index contributed by atoms with van der Waals surface area (Å²) in [5.74, 6) is 1.70. The van der Waals surface area contributed by atoms with Crippen LogP contribution in [-0.2, 0) is 6.42 Å². The summed E-state index contributed by atoms with van der Waals surface area (Å²) in [4.78, 5) is 0. The van der Waals surface area contributed by atoms with Crippen LogP contribution < -0.4 is 10.1 Å². The smallest absolute Gasteiger partial charge is 0.142 e. The second kappa shape index (κ2) is 4.77. The molecular formula is C14H21NO. The van der Waals surface area contributed by atoms with Crippen LogP contribution in [0.25, 0.3) is 0 Å². The molecule has 0 aromatic heterocycles. The van der Waals surface area contributed by atoms with Crippen LogP contribution in [0.1, 0.15) is 32.8 Å². The van der Waals surface area contributed by atoms with E-state index in [1.807, 2.05) is 0 Å². The van der Waals surface area contributed by atoms with E-state index in [0.717, 1.165) is 30.8 Å². The van der Waals surface area contributed by atoms with Crippen LogP contribution >= 0.6 is 0 Å². The fraction of sp³-hybridized carbons (Fsp3) is 0.571. The molecule has 2 heteroatoms. The molecule has 1 aromatic rings. The molecular weight excluding hydrogens is 198 g/mol. The van der Waals surface area contributed by atoms with E-state index in [4.69, 9.17) is 4.74 Å². The highest BCUT2D eigenvalue weighted by Gasteiger charge is 2.13. The van der Waals surface area contributed by atoms with Crippen molar-refractivity contribution in [2.24, 2.45) is 5.92 Å². The van der Waals surface area contributed by atoms with E-state index in [1.165, 1.54) is 5.56 Å². The predicted molar refractivity (Wildman–Crippen MR) is 68.2 cm³/mol. The van der Waals surface area contributed by atoms with Crippen molar-refractivity contribution in [1.82, 2.24) is 0 Å². The second-order valence-electron chi connectivity index (χ2n) is 5.07. The van der Waals surface area contributed by atoms with E-state index in [9.17, 15) is 0 Å². The lowest BCUT2D eigenvalue weighted by atomic mass is 10.0. The summed E-state index contributed by atoms with van der Waals surface area (Å²) in [6.45, 7) is 7.62. The molecule has 88 valence electrons. The van der Waals surface area contributed by atoms with Crippen LogP contribution in [0.4, 0.5) is 5.69 Å². The number of fused-ring (bicyclic) bond motifs is 1. The fourth-order valence-electron chi connectivity index (χ4n) is 2.10. The predicted octanol–water partition coefficient (Wildman–Crippen LogP) is 3.47. The Balaban J connectivity index is 2.21. The van der Waals surface area contributed by atoms with E-state index in [-0.39, 0.29) is 0 Å². The zero-order valence-corrected chi connectivity index (χ0v) is 10.4. The molecule has 2 nitrogen and oxygen atoms in total. The molecule has 0 fully saturated rings. The Morgan fingerprint density at radius 2 is 2.25 bits per heavy atom. The van der Waals surface area contributed by atoms with E-state index >= 15 is 0 Å². The third-order valence-electron chi connectivity index (χ3n) is 2.88. The average molecular weight is 219 g/mol. The summed E-state index contributed by atoms with van der Waals surface area (Å²) >= 11 is 0. The Hall–Kier alpha value is -1.18. The molecule has 0 radical (unpaired) electrons. The van der Waals surface area contributed by atoms with Crippen molar-refractivity contribution in [3.8, 4) is 5.75 Å². The van der Waals surface area contributed by atoms with Crippen LogP contribution in [0.5, 0.6) is 5.75 Å². The first kappa shape index (κ1) is 11.3. The van der Waals surface area contributed by atoms with Gasteiger partial charge in [0.25, 0.3) is 0 Å². The number of nitrogens with one attached hydrogen (secondary N) is 1. The first-order valence-electron chi connectivity index (χ1n) is 6.18. The molecule has 0 spiro atoms. The van der Waals surface area contributed by atoms with Gasteiger partial charge in [0.15, 0.2) is 0 Å². The van der Waals surface area contributed by atoms with Crippen LogP contribution in [0.15, 0.2) is 18.2 Å². The fourth-order valence-corrected chi connectivity index (χ4v) is 2.10. The Labute approximate surface area is 98.0 Å². The average Bonchev–Trinajstić information content (AvgIpc) is 2.37. The van der Waals surface area contributed by atoms with Gasteiger partial charge in [-0.3, -0.25) is 0 Å². The first-order chi connectivity index (χ1) is 7.65. The van der Waals surface area contributed by atoms with E-state index in [0.29, 0.717) is 12.0 Å². The maximum Gasteiger partial charge on any atom is 0.142 e. The zero-order chi connectivity index (χ0) is 11.5. The SMILES string of the molecule is CC(C)Cc1ccc2c(c1)NCCC(C)O2. The minimum atomic E-state index is 0.310. The minimum absolute atomic E-state index is 0.310. The van der Waals surface area contributed by atoms with Gasteiger partial charge in [0.05, 0.1) is 11.8 Å². The molecule has 1 unspecified atom stereocenters. The Morgan fingerprint density at radius 1 is 1.44 bits per heavy atom. The molecule has 0 bridgehead atoms. The summed E-state index contributed by atoms with van der Waals surface area (Å²) in [5, 5.41) is 3.44. The third kappa shape index (κ3) is 2.69. The first-order valence-corrected chi connectivity index (χ1v) is 6.18. The number of benzene rings is 1. The minimum Gasteiger partial charge on any atom is -0.488 e. The van der Waals surface area contributed by atoms with Crippen molar-refractivity contribution >= 4 is 5.69 Å². The Bertz CT molecular complexity index is 360. The standard InChI is InChI=1S/C14H21NO/c1-10(2)8-12-4-5-14-13(9-12)15-7-6-11(3)16-14/h4-5,9-11,15H,6-8H2,1-3H3. The van der Waals surface area contributed by atoms with Gasteiger partial charge in [0.2, 0.25) is 0 Å². The molecule has 16 heavy (non-hydrogen) atoms. The number of anilines is 1. The largest absolute Gasteiger partial charge is 0.488 e. The van der Waals surface area contributed by atoms with Gasteiger partial charge in [-0.1, -0.05) is 19.9 Å². The van der Waals surface area contributed by atoms with Crippen LogP contribution in [0, 0.1) is 5.92 Å². The van der Waals surface area contributed by atoms with Gasteiger partial charge in [-0.05, 0) is 37.0 Å². The van der Waals surface area contributed by atoms with Crippen molar-refractivity contribution in [2.45, 2.75) is 39.7 Å². The topological polar surface area (TPSA) is 21.3 Å². The lowest BCUT2D eigenvalue weighted by Crippen LogP contribution is -2.11. The quantitative estimate of drug-likeness (QED) is 0.822.